The lowest BCUT2D eigenvalue weighted by Crippen LogP contribution is -2.17. The molecule has 0 radical (unpaired) electrons. The van der Waals surface area contributed by atoms with Gasteiger partial charge in [-0.1, -0.05) is 6.07 Å². The lowest BCUT2D eigenvalue weighted by atomic mass is 10.1. The van der Waals surface area contributed by atoms with Crippen molar-refractivity contribution >= 4 is 37.5 Å². The summed E-state index contributed by atoms with van der Waals surface area (Å²) in [6.45, 7) is 3.54. The molecule has 0 fully saturated rings. The smallest absolute Gasteiger partial charge is 0.265 e. The molecule has 2 rings (SSSR count). The zero-order valence-electron chi connectivity index (χ0n) is 10.9. The summed E-state index contributed by atoms with van der Waals surface area (Å²) in [4.78, 5) is 7.92. The highest BCUT2D eigenvalue weighted by atomic mass is 79.9. The Morgan fingerprint density at radius 2 is 1.90 bits per heavy atom. The van der Waals surface area contributed by atoms with Crippen molar-refractivity contribution in [2.75, 3.05) is 10.5 Å². The molecule has 0 bridgehead atoms. The third-order valence-electron chi connectivity index (χ3n) is 2.84. The predicted octanol–water partition coefficient (Wildman–Crippen LogP) is 2.24. The first-order chi connectivity index (χ1) is 9.31. The first-order valence-electron chi connectivity index (χ1n) is 5.67. The van der Waals surface area contributed by atoms with Crippen molar-refractivity contribution in [2.24, 2.45) is 0 Å². The van der Waals surface area contributed by atoms with Crippen molar-refractivity contribution in [1.29, 1.82) is 0 Å². The highest BCUT2D eigenvalue weighted by molar-refractivity contribution is 9.10. The maximum Gasteiger partial charge on any atom is 0.265 e. The summed E-state index contributed by atoms with van der Waals surface area (Å²) in [6.07, 6.45) is 2.73. The zero-order valence-corrected chi connectivity index (χ0v) is 13.3. The molecule has 0 aliphatic carbocycles. The highest BCUT2D eigenvalue weighted by Gasteiger charge is 2.21. The average molecular weight is 357 g/mol. The molecule has 0 aliphatic rings. The fourth-order valence-corrected chi connectivity index (χ4v) is 3.35. The molecule has 20 heavy (non-hydrogen) atoms. The summed E-state index contributed by atoms with van der Waals surface area (Å²) in [6, 6.07) is 3.35. The van der Waals surface area contributed by atoms with Crippen molar-refractivity contribution < 1.29 is 8.42 Å². The van der Waals surface area contributed by atoms with Gasteiger partial charge in [-0.15, -0.1) is 0 Å². The number of sulfonamides is 1. The minimum atomic E-state index is -3.80. The van der Waals surface area contributed by atoms with Gasteiger partial charge in [0.05, 0.1) is 18.1 Å². The number of nitrogen functional groups attached to an aromatic ring is 1. The predicted molar refractivity (Wildman–Crippen MR) is 80.9 cm³/mol. The van der Waals surface area contributed by atoms with Crippen LogP contribution in [0.3, 0.4) is 0 Å². The van der Waals surface area contributed by atoms with Crippen LogP contribution in [0, 0.1) is 13.8 Å². The highest BCUT2D eigenvalue weighted by Crippen LogP contribution is 2.26. The fourth-order valence-electron chi connectivity index (χ4n) is 1.72. The van der Waals surface area contributed by atoms with Gasteiger partial charge in [-0.25, -0.2) is 18.4 Å². The Kier molecular flexibility index (Phi) is 3.96. The summed E-state index contributed by atoms with van der Waals surface area (Å²) in [5.74, 6) is 0.133. The number of hydrogen-bond donors (Lipinski definition) is 2. The number of hydrogen-bond acceptors (Lipinski definition) is 5. The van der Waals surface area contributed by atoms with Crippen LogP contribution in [0.2, 0.25) is 0 Å². The second-order valence-corrected chi connectivity index (χ2v) is 6.69. The number of nitrogens with one attached hydrogen (secondary N) is 1. The Labute approximate surface area is 125 Å². The van der Waals surface area contributed by atoms with Crippen molar-refractivity contribution in [3.63, 3.8) is 0 Å². The summed E-state index contributed by atoms with van der Waals surface area (Å²) >= 11 is 3.13. The lowest BCUT2D eigenvalue weighted by Gasteiger charge is -2.13. The van der Waals surface area contributed by atoms with Crippen molar-refractivity contribution in [3.8, 4) is 0 Å². The number of benzene rings is 1. The van der Waals surface area contributed by atoms with Crippen LogP contribution < -0.4 is 10.5 Å². The molecular formula is C12H13BrN4O2S. The molecule has 0 saturated carbocycles. The van der Waals surface area contributed by atoms with Crippen molar-refractivity contribution in [2.45, 2.75) is 18.7 Å². The number of anilines is 2. The second-order valence-electron chi connectivity index (χ2n) is 4.26. The van der Waals surface area contributed by atoms with Crippen molar-refractivity contribution in [3.05, 3.63) is 40.3 Å². The maximum absolute atomic E-state index is 12.4. The summed E-state index contributed by atoms with van der Waals surface area (Å²) < 4.78 is 27.7. The average Bonchev–Trinajstić information content (AvgIpc) is 2.37. The van der Waals surface area contributed by atoms with Crippen LogP contribution in [0.5, 0.6) is 0 Å². The van der Waals surface area contributed by atoms with E-state index < -0.39 is 10.0 Å². The number of nitrogens with zero attached hydrogens (tertiary/aromatic N) is 2. The molecule has 0 spiro atoms. The molecule has 0 amide bonds. The third kappa shape index (κ3) is 2.91. The van der Waals surface area contributed by atoms with E-state index in [-0.39, 0.29) is 16.4 Å². The normalized spacial score (nSPS) is 11.3. The number of aryl methyl sites for hydroxylation is 1. The van der Waals surface area contributed by atoms with Crippen LogP contribution in [0.25, 0.3) is 0 Å². The van der Waals surface area contributed by atoms with E-state index in [9.17, 15) is 8.42 Å². The number of aromatic nitrogens is 2. The van der Waals surface area contributed by atoms with Crippen LogP contribution in [0.1, 0.15) is 11.1 Å². The molecule has 0 saturated heterocycles. The Bertz CT molecular complexity index is 745. The number of nitrogens with two attached hydrogens (primary N) is 1. The first kappa shape index (κ1) is 14.7. The van der Waals surface area contributed by atoms with Crippen LogP contribution >= 0.6 is 15.9 Å². The van der Waals surface area contributed by atoms with Gasteiger partial charge in [0.15, 0.2) is 5.82 Å². The Morgan fingerprint density at radius 1 is 1.20 bits per heavy atom. The van der Waals surface area contributed by atoms with Gasteiger partial charge in [-0.05, 0) is 47.0 Å². The molecule has 0 unspecified atom stereocenters. The van der Waals surface area contributed by atoms with Gasteiger partial charge < -0.3 is 5.73 Å². The van der Waals surface area contributed by atoms with E-state index in [1.807, 2.05) is 6.92 Å². The SMILES string of the molecule is Cc1ccc(N)c(S(=O)(=O)Nc2cnc(Br)cn2)c1C. The Balaban J connectivity index is 2.46. The summed E-state index contributed by atoms with van der Waals surface area (Å²) in [5.41, 5.74) is 7.45. The number of rotatable bonds is 3. The minimum Gasteiger partial charge on any atom is -0.398 e. The maximum atomic E-state index is 12.4. The van der Waals surface area contributed by atoms with Gasteiger partial charge in [0.25, 0.3) is 10.0 Å². The van der Waals surface area contributed by atoms with Gasteiger partial charge in [0.2, 0.25) is 0 Å². The van der Waals surface area contributed by atoms with Gasteiger partial charge in [-0.2, -0.15) is 0 Å². The fraction of sp³-hybridized carbons (Fsp3) is 0.167. The molecule has 1 aromatic heterocycles. The molecule has 0 aliphatic heterocycles. The summed E-state index contributed by atoms with van der Waals surface area (Å²) in [7, 11) is -3.80. The van der Waals surface area contributed by atoms with Crippen LogP contribution in [0.15, 0.2) is 34.0 Å². The second kappa shape index (κ2) is 5.37. The quantitative estimate of drug-likeness (QED) is 0.821. The van der Waals surface area contributed by atoms with Crippen molar-refractivity contribution in [1.82, 2.24) is 9.97 Å². The first-order valence-corrected chi connectivity index (χ1v) is 7.95. The van der Waals surface area contributed by atoms with Crippen LogP contribution in [-0.2, 0) is 10.0 Å². The van der Waals surface area contributed by atoms with Gasteiger partial charge in [-0.3, -0.25) is 4.72 Å². The molecule has 1 heterocycles. The van der Waals surface area contributed by atoms with E-state index in [4.69, 9.17) is 5.73 Å². The Hall–Kier alpha value is -1.67. The molecule has 1 aromatic carbocycles. The summed E-state index contributed by atoms with van der Waals surface area (Å²) in [5, 5.41) is 0. The monoisotopic (exact) mass is 356 g/mol. The molecule has 2 aromatic rings. The van der Waals surface area contributed by atoms with E-state index in [1.54, 1.807) is 19.1 Å². The van der Waals surface area contributed by atoms with Gasteiger partial charge in [0, 0.05) is 0 Å². The van der Waals surface area contributed by atoms with E-state index in [0.29, 0.717) is 10.2 Å². The minimum absolute atomic E-state index is 0.0715. The zero-order chi connectivity index (χ0) is 14.9. The van der Waals surface area contributed by atoms with E-state index in [0.717, 1.165) is 5.56 Å². The van der Waals surface area contributed by atoms with E-state index >= 15 is 0 Å². The molecule has 0 atom stereocenters. The van der Waals surface area contributed by atoms with Gasteiger partial charge >= 0.3 is 0 Å². The van der Waals surface area contributed by atoms with E-state index in [2.05, 4.69) is 30.6 Å². The topological polar surface area (TPSA) is 98.0 Å². The Morgan fingerprint density at radius 3 is 2.50 bits per heavy atom. The molecule has 106 valence electrons. The molecule has 3 N–H and O–H groups in total. The van der Waals surface area contributed by atoms with Crippen LogP contribution in [0.4, 0.5) is 11.5 Å². The molecule has 6 nitrogen and oxygen atoms in total. The molecular weight excluding hydrogens is 344 g/mol. The third-order valence-corrected chi connectivity index (χ3v) is 4.80. The lowest BCUT2D eigenvalue weighted by molar-refractivity contribution is 0.600. The number of halogens is 1. The van der Waals surface area contributed by atoms with Gasteiger partial charge in [0.1, 0.15) is 9.50 Å². The molecule has 8 heteroatoms. The van der Waals surface area contributed by atoms with Crippen LogP contribution in [-0.4, -0.2) is 18.4 Å². The van der Waals surface area contributed by atoms with E-state index in [1.165, 1.54) is 12.4 Å². The standard InChI is InChI=1S/C12H13BrN4O2S/c1-7-3-4-9(14)12(8(7)2)20(18,19)17-11-6-15-10(13)5-16-11/h3-6H,14H2,1-2H3,(H,16,17). The largest absolute Gasteiger partial charge is 0.398 e.